The third kappa shape index (κ3) is 3.52. The van der Waals surface area contributed by atoms with Crippen molar-refractivity contribution in [2.75, 3.05) is 18.4 Å². The Balaban J connectivity index is 1.57. The van der Waals surface area contributed by atoms with Crippen molar-refractivity contribution in [2.24, 2.45) is 0 Å². The average Bonchev–Trinajstić information content (AvgIpc) is 2.92. The van der Waals surface area contributed by atoms with Crippen LogP contribution in [0.2, 0.25) is 0 Å². The van der Waals surface area contributed by atoms with Gasteiger partial charge in [-0.3, -0.25) is 4.90 Å². The Morgan fingerprint density at radius 3 is 3.15 bits per heavy atom. The van der Waals surface area contributed by atoms with Crippen LogP contribution in [-0.2, 0) is 6.54 Å². The van der Waals surface area contributed by atoms with Gasteiger partial charge < -0.3 is 5.32 Å². The summed E-state index contributed by atoms with van der Waals surface area (Å²) in [6.07, 6.45) is 4.02. The maximum atomic E-state index is 4.37. The van der Waals surface area contributed by atoms with Gasteiger partial charge in [0.2, 0.25) is 0 Å². The molecule has 3 heterocycles. The highest BCUT2D eigenvalue weighted by molar-refractivity contribution is 7.07. The minimum absolute atomic E-state index is 0.455. The van der Waals surface area contributed by atoms with Crippen LogP contribution >= 0.6 is 11.3 Å². The molecule has 0 spiro atoms. The fourth-order valence-electron chi connectivity index (χ4n) is 2.60. The lowest BCUT2D eigenvalue weighted by Gasteiger charge is -2.32. The van der Waals surface area contributed by atoms with Gasteiger partial charge in [0.15, 0.2) is 0 Å². The van der Waals surface area contributed by atoms with Crippen molar-refractivity contribution in [1.29, 1.82) is 0 Å². The lowest BCUT2D eigenvalue weighted by Crippen LogP contribution is -2.41. The first kappa shape index (κ1) is 13.5. The zero-order valence-electron chi connectivity index (χ0n) is 11.6. The molecule has 6 heteroatoms. The highest BCUT2D eigenvalue weighted by atomic mass is 32.1. The van der Waals surface area contributed by atoms with Gasteiger partial charge in [-0.25, -0.2) is 15.0 Å². The molecular weight excluding hydrogens is 270 g/mol. The monoisotopic (exact) mass is 289 g/mol. The molecule has 20 heavy (non-hydrogen) atoms. The van der Waals surface area contributed by atoms with Gasteiger partial charge in [0.05, 0.1) is 11.2 Å². The van der Waals surface area contributed by atoms with Gasteiger partial charge >= 0.3 is 0 Å². The number of aryl methyl sites for hydroxylation is 1. The molecule has 2 aromatic rings. The van der Waals surface area contributed by atoms with Crippen LogP contribution in [0.1, 0.15) is 24.2 Å². The van der Waals surface area contributed by atoms with Crippen molar-refractivity contribution in [1.82, 2.24) is 19.9 Å². The van der Waals surface area contributed by atoms with Gasteiger partial charge in [-0.05, 0) is 26.3 Å². The quantitative estimate of drug-likeness (QED) is 0.936. The van der Waals surface area contributed by atoms with E-state index in [1.54, 1.807) is 17.7 Å². The van der Waals surface area contributed by atoms with Gasteiger partial charge in [0, 0.05) is 36.3 Å². The predicted molar refractivity (Wildman–Crippen MR) is 80.8 cm³/mol. The van der Waals surface area contributed by atoms with Gasteiger partial charge in [0.1, 0.15) is 12.1 Å². The van der Waals surface area contributed by atoms with E-state index in [9.17, 15) is 0 Å². The summed E-state index contributed by atoms with van der Waals surface area (Å²) in [7, 11) is 0. The number of nitrogens with zero attached hydrogens (tertiary/aromatic N) is 4. The maximum Gasteiger partial charge on any atom is 0.129 e. The van der Waals surface area contributed by atoms with Crippen molar-refractivity contribution < 1.29 is 0 Å². The SMILES string of the molecule is Cc1cc(NC2CCCN(Cc3cscn3)C2)ncn1. The topological polar surface area (TPSA) is 53.9 Å². The number of nitrogens with one attached hydrogen (secondary N) is 1. The summed E-state index contributed by atoms with van der Waals surface area (Å²) < 4.78 is 0. The molecule has 1 N–H and O–H groups in total. The number of likely N-dealkylation sites (tertiary alicyclic amines) is 1. The van der Waals surface area contributed by atoms with Crippen LogP contribution in [0.25, 0.3) is 0 Å². The summed E-state index contributed by atoms with van der Waals surface area (Å²) in [4.78, 5) is 15.2. The van der Waals surface area contributed by atoms with E-state index in [2.05, 4.69) is 30.5 Å². The minimum Gasteiger partial charge on any atom is -0.366 e. The molecule has 0 bridgehead atoms. The predicted octanol–water partition coefficient (Wildman–Crippen LogP) is 2.32. The summed E-state index contributed by atoms with van der Waals surface area (Å²) in [5.41, 5.74) is 4.07. The second-order valence-electron chi connectivity index (χ2n) is 5.24. The minimum atomic E-state index is 0.455. The molecule has 0 aliphatic carbocycles. The summed E-state index contributed by atoms with van der Waals surface area (Å²) in [6, 6.07) is 2.45. The third-order valence-corrected chi connectivity index (χ3v) is 4.17. The van der Waals surface area contributed by atoms with Crippen molar-refractivity contribution >= 4 is 17.2 Å². The Hall–Kier alpha value is -1.53. The van der Waals surface area contributed by atoms with Crippen LogP contribution < -0.4 is 5.32 Å². The maximum absolute atomic E-state index is 4.37. The zero-order chi connectivity index (χ0) is 13.8. The van der Waals surface area contributed by atoms with Crippen LogP contribution in [0.5, 0.6) is 0 Å². The third-order valence-electron chi connectivity index (χ3n) is 3.53. The number of hydrogen-bond donors (Lipinski definition) is 1. The van der Waals surface area contributed by atoms with Gasteiger partial charge in [-0.1, -0.05) is 0 Å². The number of thiazole rings is 1. The van der Waals surface area contributed by atoms with E-state index in [-0.39, 0.29) is 0 Å². The molecule has 3 rings (SSSR count). The Bertz CT molecular complexity index is 542. The summed E-state index contributed by atoms with van der Waals surface area (Å²) in [5, 5.41) is 5.65. The molecule has 1 saturated heterocycles. The van der Waals surface area contributed by atoms with Crippen molar-refractivity contribution in [3.63, 3.8) is 0 Å². The highest BCUT2D eigenvalue weighted by Crippen LogP contribution is 2.17. The first-order chi connectivity index (χ1) is 9.79. The Labute approximate surface area is 123 Å². The lowest BCUT2D eigenvalue weighted by molar-refractivity contribution is 0.206. The summed E-state index contributed by atoms with van der Waals surface area (Å²) in [5.74, 6) is 0.929. The number of aromatic nitrogens is 3. The number of anilines is 1. The fraction of sp³-hybridized carbons (Fsp3) is 0.500. The van der Waals surface area contributed by atoms with Crippen LogP contribution in [0, 0.1) is 6.92 Å². The molecule has 1 atom stereocenters. The van der Waals surface area contributed by atoms with E-state index < -0.39 is 0 Å². The summed E-state index contributed by atoms with van der Waals surface area (Å²) >= 11 is 1.66. The Morgan fingerprint density at radius 1 is 1.40 bits per heavy atom. The molecule has 2 aromatic heterocycles. The smallest absolute Gasteiger partial charge is 0.129 e. The molecule has 5 nitrogen and oxygen atoms in total. The fourth-order valence-corrected chi connectivity index (χ4v) is 3.15. The molecule has 1 aliphatic heterocycles. The average molecular weight is 289 g/mol. The van der Waals surface area contributed by atoms with Crippen LogP contribution in [0.15, 0.2) is 23.3 Å². The van der Waals surface area contributed by atoms with Crippen molar-refractivity contribution in [2.45, 2.75) is 32.4 Å². The second kappa shape index (κ2) is 6.28. The number of rotatable bonds is 4. The number of hydrogen-bond acceptors (Lipinski definition) is 6. The van der Waals surface area contributed by atoms with Gasteiger partial charge in [-0.2, -0.15) is 0 Å². The van der Waals surface area contributed by atoms with E-state index >= 15 is 0 Å². The largest absolute Gasteiger partial charge is 0.366 e. The summed E-state index contributed by atoms with van der Waals surface area (Å²) in [6.45, 7) is 5.13. The lowest BCUT2D eigenvalue weighted by atomic mass is 10.1. The zero-order valence-corrected chi connectivity index (χ0v) is 12.4. The van der Waals surface area contributed by atoms with Gasteiger partial charge in [0.25, 0.3) is 0 Å². The molecule has 0 aromatic carbocycles. The molecule has 0 amide bonds. The van der Waals surface area contributed by atoms with E-state index in [0.717, 1.165) is 31.1 Å². The molecule has 106 valence electrons. The molecule has 1 fully saturated rings. The Kier molecular flexibility index (Phi) is 4.22. The van der Waals surface area contributed by atoms with Crippen LogP contribution in [0.4, 0.5) is 5.82 Å². The standard InChI is InChI=1S/C14H19N5S/c1-11-5-14(16-9-15-11)18-12-3-2-4-19(6-12)7-13-8-20-10-17-13/h5,8-10,12H,2-4,6-7H2,1H3,(H,15,16,18). The normalized spacial score (nSPS) is 19.9. The van der Waals surface area contributed by atoms with Crippen LogP contribution in [0.3, 0.4) is 0 Å². The van der Waals surface area contributed by atoms with Gasteiger partial charge in [-0.15, -0.1) is 11.3 Å². The van der Waals surface area contributed by atoms with E-state index in [0.29, 0.717) is 6.04 Å². The van der Waals surface area contributed by atoms with Crippen molar-refractivity contribution in [3.8, 4) is 0 Å². The van der Waals surface area contributed by atoms with Crippen LogP contribution in [-0.4, -0.2) is 39.0 Å². The first-order valence-corrected chi connectivity index (χ1v) is 7.88. The highest BCUT2D eigenvalue weighted by Gasteiger charge is 2.20. The van der Waals surface area contributed by atoms with E-state index in [1.165, 1.54) is 18.5 Å². The molecule has 1 unspecified atom stereocenters. The molecule has 1 aliphatic rings. The number of piperidine rings is 1. The Morgan fingerprint density at radius 2 is 2.35 bits per heavy atom. The molecule has 0 saturated carbocycles. The van der Waals surface area contributed by atoms with Crippen molar-refractivity contribution in [3.05, 3.63) is 34.7 Å². The second-order valence-corrected chi connectivity index (χ2v) is 5.96. The van der Waals surface area contributed by atoms with E-state index in [1.807, 2.05) is 18.5 Å². The molecular formula is C14H19N5S. The van der Waals surface area contributed by atoms with E-state index in [4.69, 9.17) is 0 Å². The first-order valence-electron chi connectivity index (χ1n) is 6.94. The molecule has 0 radical (unpaired) electrons.